The van der Waals surface area contributed by atoms with E-state index in [1.54, 1.807) is 0 Å². The average molecular weight is 236 g/mol. The number of hydrogen-bond acceptors (Lipinski definition) is 0. The van der Waals surface area contributed by atoms with Crippen LogP contribution < -0.4 is 9.80 Å². The minimum Gasteiger partial charge on any atom is -0.325 e. The van der Waals surface area contributed by atoms with E-state index in [9.17, 15) is 0 Å². The monoisotopic (exact) mass is 236 g/mol. The Morgan fingerprint density at radius 1 is 1.06 bits per heavy atom. The molecule has 3 atom stereocenters. The van der Waals surface area contributed by atoms with E-state index in [4.69, 9.17) is 0 Å². The summed E-state index contributed by atoms with van der Waals surface area (Å²) in [6.07, 6.45) is 7.94. The molecule has 2 nitrogen and oxygen atoms in total. The van der Waals surface area contributed by atoms with Crippen LogP contribution in [0.4, 0.5) is 0 Å². The molecule has 0 aromatic rings. The number of allylic oxidation sites excluding steroid dienone is 2. The Balaban J connectivity index is 1.47. The van der Waals surface area contributed by atoms with E-state index in [1.165, 1.54) is 45.6 Å². The zero-order valence-electron chi connectivity index (χ0n) is 11.4. The molecule has 2 bridgehead atoms. The van der Waals surface area contributed by atoms with E-state index < -0.39 is 0 Å². The van der Waals surface area contributed by atoms with Crippen molar-refractivity contribution in [3.8, 4) is 0 Å². The van der Waals surface area contributed by atoms with E-state index in [0.717, 1.165) is 23.8 Å². The standard InChI is InChI=1S/C15H26N2/c1-12(2)17-7-5-16(6-8-17)11-15-10-13-3-4-14(15)9-13/h3-4,12-15H,5-11H2,1-2H3/p+2/t13-,14+,15-/m0/s1. The first-order chi connectivity index (χ1) is 8.22. The Labute approximate surface area is 106 Å². The fourth-order valence-corrected chi connectivity index (χ4v) is 4.21. The maximum atomic E-state index is 2.51. The van der Waals surface area contributed by atoms with Crippen LogP contribution in [0.1, 0.15) is 26.7 Å². The van der Waals surface area contributed by atoms with Gasteiger partial charge in [-0.1, -0.05) is 12.2 Å². The van der Waals surface area contributed by atoms with E-state index in [1.807, 2.05) is 9.80 Å². The zero-order chi connectivity index (χ0) is 11.8. The molecule has 2 N–H and O–H groups in total. The molecule has 0 spiro atoms. The second kappa shape index (κ2) is 4.74. The van der Waals surface area contributed by atoms with Gasteiger partial charge in [-0.05, 0) is 38.5 Å². The van der Waals surface area contributed by atoms with Crippen molar-refractivity contribution < 1.29 is 9.80 Å². The molecule has 17 heavy (non-hydrogen) atoms. The van der Waals surface area contributed by atoms with Gasteiger partial charge in [0.2, 0.25) is 0 Å². The molecule has 2 heteroatoms. The second-order valence-electron chi connectivity index (χ2n) is 6.81. The topological polar surface area (TPSA) is 8.88 Å². The van der Waals surface area contributed by atoms with Gasteiger partial charge in [-0.3, -0.25) is 0 Å². The first kappa shape index (κ1) is 11.7. The van der Waals surface area contributed by atoms with Crippen LogP contribution in [0, 0.1) is 17.8 Å². The molecule has 3 aliphatic rings. The predicted octanol–water partition coefficient (Wildman–Crippen LogP) is -0.610. The van der Waals surface area contributed by atoms with Gasteiger partial charge in [-0.15, -0.1) is 0 Å². The van der Waals surface area contributed by atoms with Crippen LogP contribution in [-0.4, -0.2) is 38.8 Å². The summed E-state index contributed by atoms with van der Waals surface area (Å²) in [7, 11) is 0. The van der Waals surface area contributed by atoms with Gasteiger partial charge in [0.15, 0.2) is 0 Å². The summed E-state index contributed by atoms with van der Waals surface area (Å²) in [5.74, 6) is 2.91. The summed E-state index contributed by atoms with van der Waals surface area (Å²) in [5, 5.41) is 0. The van der Waals surface area contributed by atoms with E-state index in [-0.39, 0.29) is 0 Å². The molecule has 0 radical (unpaired) electrons. The van der Waals surface area contributed by atoms with Gasteiger partial charge in [0.1, 0.15) is 26.2 Å². The fourth-order valence-electron chi connectivity index (χ4n) is 4.21. The molecule has 3 rings (SSSR count). The molecule has 1 aliphatic heterocycles. The van der Waals surface area contributed by atoms with Crippen LogP contribution in [0.5, 0.6) is 0 Å². The van der Waals surface area contributed by atoms with Crippen molar-refractivity contribution in [1.29, 1.82) is 0 Å². The highest BCUT2D eigenvalue weighted by Gasteiger charge is 2.38. The third-order valence-electron chi connectivity index (χ3n) is 5.38. The lowest BCUT2D eigenvalue weighted by Gasteiger charge is -2.34. The maximum Gasteiger partial charge on any atom is 0.127 e. The van der Waals surface area contributed by atoms with Crippen LogP contribution in [0.3, 0.4) is 0 Å². The smallest absolute Gasteiger partial charge is 0.127 e. The molecule has 2 aliphatic carbocycles. The van der Waals surface area contributed by atoms with Gasteiger partial charge >= 0.3 is 0 Å². The van der Waals surface area contributed by atoms with E-state index in [2.05, 4.69) is 26.0 Å². The third kappa shape index (κ3) is 2.43. The number of piperazine rings is 1. The first-order valence-corrected chi connectivity index (χ1v) is 7.59. The van der Waals surface area contributed by atoms with Gasteiger partial charge in [0, 0.05) is 5.92 Å². The Kier molecular flexibility index (Phi) is 3.27. The largest absolute Gasteiger partial charge is 0.325 e. The number of nitrogens with one attached hydrogen (secondary N) is 2. The van der Waals surface area contributed by atoms with Gasteiger partial charge in [-0.2, -0.15) is 0 Å². The molecule has 0 aromatic heterocycles. The molecule has 1 heterocycles. The van der Waals surface area contributed by atoms with Gasteiger partial charge in [-0.25, -0.2) is 0 Å². The number of fused-ring (bicyclic) bond motifs is 2. The summed E-state index contributed by atoms with van der Waals surface area (Å²) >= 11 is 0. The molecule has 1 saturated heterocycles. The molecule has 0 aromatic carbocycles. The van der Waals surface area contributed by atoms with Crippen molar-refractivity contribution in [1.82, 2.24) is 0 Å². The van der Waals surface area contributed by atoms with Crippen molar-refractivity contribution in [2.75, 3.05) is 32.7 Å². The summed E-state index contributed by atoms with van der Waals surface area (Å²) in [6.45, 7) is 11.8. The van der Waals surface area contributed by atoms with Crippen molar-refractivity contribution in [3.05, 3.63) is 12.2 Å². The molecule has 0 unspecified atom stereocenters. The Morgan fingerprint density at radius 2 is 1.82 bits per heavy atom. The lowest BCUT2D eigenvalue weighted by molar-refractivity contribution is -1.02. The molecule has 1 saturated carbocycles. The summed E-state index contributed by atoms with van der Waals surface area (Å²) in [6, 6.07) is 0.821. The number of hydrogen-bond donors (Lipinski definition) is 2. The summed E-state index contributed by atoms with van der Waals surface area (Å²) in [5.41, 5.74) is 0. The average Bonchev–Trinajstić information content (AvgIpc) is 2.91. The summed E-state index contributed by atoms with van der Waals surface area (Å²) < 4.78 is 0. The van der Waals surface area contributed by atoms with Gasteiger partial charge < -0.3 is 9.80 Å². The fraction of sp³-hybridized carbons (Fsp3) is 0.867. The lowest BCUT2D eigenvalue weighted by Crippen LogP contribution is -3.29. The van der Waals surface area contributed by atoms with E-state index in [0.29, 0.717) is 0 Å². The van der Waals surface area contributed by atoms with Gasteiger partial charge in [0.25, 0.3) is 0 Å². The highest BCUT2D eigenvalue weighted by Crippen LogP contribution is 2.42. The normalized spacial score (nSPS) is 44.8. The molecular formula is C15H28N2+2. The van der Waals surface area contributed by atoms with Crippen molar-refractivity contribution in [3.63, 3.8) is 0 Å². The first-order valence-electron chi connectivity index (χ1n) is 7.59. The molecule has 0 amide bonds. The third-order valence-corrected chi connectivity index (χ3v) is 5.38. The Bertz CT molecular complexity index is 289. The molecular weight excluding hydrogens is 208 g/mol. The Morgan fingerprint density at radius 3 is 2.35 bits per heavy atom. The summed E-state index contributed by atoms with van der Waals surface area (Å²) in [4.78, 5) is 3.71. The minimum absolute atomic E-state index is 0.821. The van der Waals surface area contributed by atoms with Crippen molar-refractivity contribution in [2.24, 2.45) is 17.8 Å². The van der Waals surface area contributed by atoms with Crippen molar-refractivity contribution in [2.45, 2.75) is 32.7 Å². The van der Waals surface area contributed by atoms with Crippen LogP contribution in [0.2, 0.25) is 0 Å². The van der Waals surface area contributed by atoms with Crippen LogP contribution in [0.25, 0.3) is 0 Å². The zero-order valence-corrected chi connectivity index (χ0v) is 11.4. The van der Waals surface area contributed by atoms with Crippen molar-refractivity contribution >= 4 is 0 Å². The molecule has 96 valence electrons. The molecule has 2 fully saturated rings. The van der Waals surface area contributed by atoms with Gasteiger partial charge in [0.05, 0.1) is 12.6 Å². The minimum atomic E-state index is 0.821. The highest BCUT2D eigenvalue weighted by atomic mass is 15.3. The van der Waals surface area contributed by atoms with Crippen LogP contribution in [0.15, 0.2) is 12.2 Å². The highest BCUT2D eigenvalue weighted by molar-refractivity contribution is 5.09. The SMILES string of the molecule is CC(C)[NH+]1CC[NH+](C[C@@H]2C[C@H]3C=C[C@@H]2C3)CC1. The number of rotatable bonds is 3. The second-order valence-corrected chi connectivity index (χ2v) is 6.81. The van der Waals surface area contributed by atoms with Crippen LogP contribution >= 0.6 is 0 Å². The Hall–Kier alpha value is -0.340. The van der Waals surface area contributed by atoms with Crippen LogP contribution in [-0.2, 0) is 0 Å². The maximum absolute atomic E-state index is 2.51. The van der Waals surface area contributed by atoms with E-state index >= 15 is 0 Å². The number of quaternary nitrogens is 2. The lowest BCUT2D eigenvalue weighted by atomic mass is 9.93. The quantitative estimate of drug-likeness (QED) is 0.605. The predicted molar refractivity (Wildman–Crippen MR) is 70.2 cm³/mol.